The largest absolute Gasteiger partial charge is 0.490 e. The van der Waals surface area contributed by atoms with E-state index in [0.29, 0.717) is 6.07 Å². The summed E-state index contributed by atoms with van der Waals surface area (Å²) in [4.78, 5) is 10.9. The molecule has 98 valence electrons. The van der Waals surface area contributed by atoms with Gasteiger partial charge in [0.15, 0.2) is 0 Å². The molecule has 1 aromatic rings. The predicted octanol–water partition coefficient (Wildman–Crippen LogP) is 3.33. The zero-order valence-corrected chi connectivity index (χ0v) is 9.33. The molecule has 18 heavy (non-hydrogen) atoms. The summed E-state index contributed by atoms with van der Waals surface area (Å²) in [5, 5.41) is 8.91. The van der Waals surface area contributed by atoms with Gasteiger partial charge in [0.1, 0.15) is 11.3 Å². The van der Waals surface area contributed by atoms with Crippen LogP contribution < -0.4 is 4.74 Å². The van der Waals surface area contributed by atoms with Crippen LogP contribution in [0.3, 0.4) is 0 Å². The maximum absolute atomic E-state index is 12.5. The zero-order valence-electron chi connectivity index (χ0n) is 9.33. The minimum Gasteiger partial charge on any atom is -0.490 e. The minimum absolute atomic E-state index is 0.000185. The number of ether oxygens (including phenoxy) is 1. The second-order valence-corrected chi connectivity index (χ2v) is 4.18. The third-order valence-electron chi connectivity index (χ3n) is 2.88. The van der Waals surface area contributed by atoms with E-state index in [0.717, 1.165) is 31.4 Å². The molecule has 0 saturated heterocycles. The summed E-state index contributed by atoms with van der Waals surface area (Å²) in [7, 11) is 0. The van der Waals surface area contributed by atoms with Crippen molar-refractivity contribution in [3.05, 3.63) is 29.3 Å². The van der Waals surface area contributed by atoms with Crippen molar-refractivity contribution in [3.63, 3.8) is 0 Å². The molecule has 0 unspecified atom stereocenters. The van der Waals surface area contributed by atoms with Gasteiger partial charge in [-0.05, 0) is 37.5 Å². The molecule has 0 radical (unpaired) electrons. The smallest absolute Gasteiger partial charge is 0.416 e. The first-order valence-corrected chi connectivity index (χ1v) is 5.49. The van der Waals surface area contributed by atoms with Crippen LogP contribution in [0, 0.1) is 0 Å². The number of carboxylic acid groups (broad SMARTS) is 1. The highest BCUT2D eigenvalue weighted by Crippen LogP contribution is 2.34. The van der Waals surface area contributed by atoms with E-state index < -0.39 is 23.3 Å². The Balaban J connectivity index is 2.31. The Morgan fingerprint density at radius 2 is 2.00 bits per heavy atom. The number of hydrogen-bond donors (Lipinski definition) is 1. The number of alkyl halides is 3. The molecule has 3 nitrogen and oxygen atoms in total. The van der Waals surface area contributed by atoms with Crippen LogP contribution in [0.2, 0.25) is 0 Å². The summed E-state index contributed by atoms with van der Waals surface area (Å²) in [5.74, 6) is -1.42. The van der Waals surface area contributed by atoms with Crippen LogP contribution in [0.25, 0.3) is 0 Å². The second-order valence-electron chi connectivity index (χ2n) is 4.18. The molecule has 0 amide bonds. The zero-order chi connectivity index (χ0) is 13.3. The van der Waals surface area contributed by atoms with Gasteiger partial charge in [-0.15, -0.1) is 0 Å². The summed E-state index contributed by atoms with van der Waals surface area (Å²) in [5.41, 5.74) is -1.43. The lowest BCUT2D eigenvalue weighted by molar-refractivity contribution is -0.137. The van der Waals surface area contributed by atoms with E-state index >= 15 is 0 Å². The van der Waals surface area contributed by atoms with Crippen molar-refractivity contribution in [2.45, 2.75) is 31.5 Å². The molecule has 0 bridgehead atoms. The van der Waals surface area contributed by atoms with E-state index in [9.17, 15) is 18.0 Å². The van der Waals surface area contributed by atoms with E-state index in [-0.39, 0.29) is 11.9 Å². The fraction of sp³-hybridized carbons (Fsp3) is 0.417. The van der Waals surface area contributed by atoms with Gasteiger partial charge in [0.05, 0.1) is 11.7 Å². The molecule has 2 rings (SSSR count). The highest BCUT2D eigenvalue weighted by molar-refractivity contribution is 5.91. The number of benzene rings is 1. The number of carboxylic acids is 1. The van der Waals surface area contributed by atoms with Crippen molar-refractivity contribution in [2.24, 2.45) is 0 Å². The number of hydrogen-bond acceptors (Lipinski definition) is 2. The molecule has 1 saturated carbocycles. The van der Waals surface area contributed by atoms with Crippen LogP contribution >= 0.6 is 0 Å². The quantitative estimate of drug-likeness (QED) is 0.906. The lowest BCUT2D eigenvalue weighted by atomic mass is 9.96. The first-order chi connectivity index (χ1) is 8.38. The summed E-state index contributed by atoms with van der Waals surface area (Å²) in [6, 6.07) is 2.52. The summed E-state index contributed by atoms with van der Waals surface area (Å²) >= 11 is 0. The lowest BCUT2D eigenvalue weighted by Gasteiger charge is -2.27. The van der Waals surface area contributed by atoms with Gasteiger partial charge in [-0.25, -0.2) is 4.79 Å². The molecule has 0 heterocycles. The van der Waals surface area contributed by atoms with Crippen molar-refractivity contribution in [1.82, 2.24) is 0 Å². The fourth-order valence-corrected chi connectivity index (χ4v) is 1.64. The van der Waals surface area contributed by atoms with E-state index in [4.69, 9.17) is 9.84 Å². The van der Waals surface area contributed by atoms with Crippen molar-refractivity contribution in [2.75, 3.05) is 0 Å². The van der Waals surface area contributed by atoms with Gasteiger partial charge < -0.3 is 9.84 Å². The first kappa shape index (κ1) is 12.7. The van der Waals surface area contributed by atoms with Gasteiger partial charge in [-0.2, -0.15) is 13.2 Å². The van der Waals surface area contributed by atoms with Crippen molar-refractivity contribution in [1.29, 1.82) is 0 Å². The molecular formula is C12H11F3O3. The Hall–Kier alpha value is -1.72. The van der Waals surface area contributed by atoms with E-state index in [1.807, 2.05) is 0 Å². The Bertz CT molecular complexity index is 464. The van der Waals surface area contributed by atoms with Gasteiger partial charge in [0, 0.05) is 0 Å². The van der Waals surface area contributed by atoms with Crippen LogP contribution in [0.1, 0.15) is 35.2 Å². The van der Waals surface area contributed by atoms with Crippen LogP contribution in [0.15, 0.2) is 18.2 Å². The monoisotopic (exact) mass is 260 g/mol. The maximum Gasteiger partial charge on any atom is 0.416 e. The first-order valence-electron chi connectivity index (χ1n) is 5.49. The molecule has 1 N–H and O–H groups in total. The molecule has 0 spiro atoms. The number of rotatable bonds is 3. The molecule has 1 aromatic carbocycles. The fourth-order valence-electron chi connectivity index (χ4n) is 1.64. The van der Waals surface area contributed by atoms with E-state index in [2.05, 4.69) is 0 Å². The molecule has 0 aromatic heterocycles. The van der Waals surface area contributed by atoms with Crippen molar-refractivity contribution in [3.8, 4) is 5.75 Å². The molecule has 1 aliphatic carbocycles. The summed E-state index contributed by atoms with van der Waals surface area (Å²) < 4.78 is 42.8. The van der Waals surface area contributed by atoms with Crippen LogP contribution in [0.4, 0.5) is 13.2 Å². The maximum atomic E-state index is 12.5. The van der Waals surface area contributed by atoms with Gasteiger partial charge in [-0.3, -0.25) is 0 Å². The van der Waals surface area contributed by atoms with Crippen molar-refractivity contribution < 1.29 is 27.8 Å². The standard InChI is InChI=1S/C12H11F3O3/c13-12(14,15)7-4-5-10(9(6-7)11(16)17)18-8-2-1-3-8/h4-6,8H,1-3H2,(H,16,17). The summed E-state index contributed by atoms with van der Waals surface area (Å²) in [6.45, 7) is 0. The third kappa shape index (κ3) is 2.57. The van der Waals surface area contributed by atoms with Crippen molar-refractivity contribution >= 4 is 5.97 Å². The molecule has 6 heteroatoms. The number of carbonyl (C=O) groups is 1. The predicted molar refractivity (Wildman–Crippen MR) is 56.7 cm³/mol. The molecule has 0 atom stereocenters. The van der Waals surface area contributed by atoms with E-state index in [1.54, 1.807) is 0 Å². The SMILES string of the molecule is O=C(O)c1cc(C(F)(F)F)ccc1OC1CCC1. The van der Waals surface area contributed by atoms with Gasteiger partial charge in [0.25, 0.3) is 0 Å². The average Bonchev–Trinajstić information content (AvgIpc) is 2.21. The summed E-state index contributed by atoms with van der Waals surface area (Å²) in [6.07, 6.45) is -2.03. The van der Waals surface area contributed by atoms with Gasteiger partial charge >= 0.3 is 12.1 Å². The number of halogens is 3. The topological polar surface area (TPSA) is 46.5 Å². The molecule has 0 aliphatic heterocycles. The molecular weight excluding hydrogens is 249 g/mol. The normalized spacial score (nSPS) is 16.2. The molecule has 1 fully saturated rings. The number of aromatic carboxylic acids is 1. The van der Waals surface area contributed by atoms with Crippen LogP contribution in [-0.2, 0) is 6.18 Å². The molecule has 1 aliphatic rings. The van der Waals surface area contributed by atoms with Crippen LogP contribution in [0.5, 0.6) is 5.75 Å². The van der Waals surface area contributed by atoms with E-state index in [1.165, 1.54) is 0 Å². The lowest BCUT2D eigenvalue weighted by Crippen LogP contribution is -2.25. The Labute approximate surface area is 101 Å². The Kier molecular flexibility index (Phi) is 3.19. The average molecular weight is 260 g/mol. The third-order valence-corrected chi connectivity index (χ3v) is 2.88. The van der Waals surface area contributed by atoms with Crippen LogP contribution in [-0.4, -0.2) is 17.2 Å². The Morgan fingerprint density at radius 3 is 2.44 bits per heavy atom. The highest BCUT2D eigenvalue weighted by atomic mass is 19.4. The second kappa shape index (κ2) is 4.51. The highest BCUT2D eigenvalue weighted by Gasteiger charge is 2.32. The minimum atomic E-state index is -4.56. The van der Waals surface area contributed by atoms with Gasteiger partial charge in [-0.1, -0.05) is 0 Å². The Morgan fingerprint density at radius 1 is 1.33 bits per heavy atom. The van der Waals surface area contributed by atoms with Gasteiger partial charge in [0.2, 0.25) is 0 Å².